The Morgan fingerprint density at radius 2 is 2.29 bits per heavy atom. The molecule has 0 aliphatic carbocycles. The SMILES string of the molecule is CC(Sc1n[nH]c(-c2ccc(Cl)c([N+](=O)[O-])c2)n1)C(=O)O. The van der Waals surface area contributed by atoms with Crippen molar-refractivity contribution >= 4 is 35.0 Å². The number of aliphatic carboxylic acids is 1. The van der Waals surface area contributed by atoms with Gasteiger partial charge >= 0.3 is 5.97 Å². The molecule has 1 atom stereocenters. The van der Waals surface area contributed by atoms with E-state index in [1.165, 1.54) is 19.1 Å². The molecule has 0 amide bonds. The Balaban J connectivity index is 2.27. The van der Waals surface area contributed by atoms with E-state index in [1.807, 2.05) is 0 Å². The molecular weight excluding hydrogens is 320 g/mol. The van der Waals surface area contributed by atoms with E-state index in [1.54, 1.807) is 6.07 Å². The number of nitrogens with zero attached hydrogens (tertiary/aromatic N) is 3. The smallest absolute Gasteiger partial charge is 0.316 e. The molecule has 110 valence electrons. The Bertz CT molecular complexity index is 705. The van der Waals surface area contributed by atoms with E-state index in [0.717, 1.165) is 11.8 Å². The number of nitro groups is 1. The highest BCUT2D eigenvalue weighted by Crippen LogP contribution is 2.29. The third-order valence-corrected chi connectivity index (χ3v) is 3.78. The van der Waals surface area contributed by atoms with Crippen LogP contribution in [0.2, 0.25) is 5.02 Å². The van der Waals surface area contributed by atoms with Gasteiger partial charge in [-0.3, -0.25) is 20.0 Å². The van der Waals surface area contributed by atoms with E-state index in [4.69, 9.17) is 16.7 Å². The molecule has 1 unspecified atom stereocenters. The van der Waals surface area contributed by atoms with Gasteiger partial charge in [0.1, 0.15) is 10.3 Å². The van der Waals surface area contributed by atoms with Crippen LogP contribution in [-0.2, 0) is 4.79 Å². The molecule has 1 heterocycles. The second-order valence-electron chi connectivity index (χ2n) is 3.99. The third-order valence-electron chi connectivity index (χ3n) is 2.51. The van der Waals surface area contributed by atoms with Crippen LogP contribution in [0, 0.1) is 10.1 Å². The number of rotatable bonds is 5. The molecule has 0 bridgehead atoms. The number of nitrogens with one attached hydrogen (secondary N) is 1. The van der Waals surface area contributed by atoms with Crippen LogP contribution in [0.4, 0.5) is 5.69 Å². The molecule has 2 rings (SSSR count). The summed E-state index contributed by atoms with van der Waals surface area (Å²) < 4.78 is 0. The number of hydrogen-bond acceptors (Lipinski definition) is 6. The Labute approximate surface area is 127 Å². The summed E-state index contributed by atoms with van der Waals surface area (Å²) >= 11 is 6.70. The zero-order chi connectivity index (χ0) is 15.6. The number of carboxylic acids is 1. The van der Waals surface area contributed by atoms with Gasteiger partial charge in [-0.2, -0.15) is 0 Å². The molecule has 0 aliphatic rings. The molecule has 0 aliphatic heterocycles. The average Bonchev–Trinajstić information content (AvgIpc) is 2.87. The van der Waals surface area contributed by atoms with Crippen LogP contribution in [0.3, 0.4) is 0 Å². The van der Waals surface area contributed by atoms with E-state index >= 15 is 0 Å². The molecule has 2 aromatic rings. The summed E-state index contributed by atoms with van der Waals surface area (Å²) in [7, 11) is 0. The first-order valence-electron chi connectivity index (χ1n) is 5.64. The van der Waals surface area contributed by atoms with Gasteiger partial charge in [0.15, 0.2) is 5.82 Å². The molecule has 0 radical (unpaired) electrons. The fourth-order valence-corrected chi connectivity index (χ4v) is 2.28. The number of nitro benzene ring substituents is 1. The lowest BCUT2D eigenvalue weighted by Gasteiger charge is -2.00. The van der Waals surface area contributed by atoms with Gasteiger partial charge in [0.05, 0.1) is 4.92 Å². The van der Waals surface area contributed by atoms with E-state index in [2.05, 4.69) is 15.2 Å². The van der Waals surface area contributed by atoms with Crippen molar-refractivity contribution in [3.8, 4) is 11.4 Å². The maximum atomic E-state index is 10.8. The lowest BCUT2D eigenvalue weighted by Crippen LogP contribution is -2.11. The summed E-state index contributed by atoms with van der Waals surface area (Å²) in [4.78, 5) is 25.1. The first-order chi connectivity index (χ1) is 9.88. The monoisotopic (exact) mass is 328 g/mol. The molecule has 0 saturated heterocycles. The minimum atomic E-state index is -0.978. The van der Waals surface area contributed by atoms with Gasteiger partial charge in [0.25, 0.3) is 5.69 Å². The van der Waals surface area contributed by atoms with Crippen LogP contribution in [-0.4, -0.2) is 36.4 Å². The summed E-state index contributed by atoms with van der Waals surface area (Å²) in [5, 5.41) is 25.7. The van der Waals surface area contributed by atoms with Crippen LogP contribution in [0.1, 0.15) is 6.92 Å². The van der Waals surface area contributed by atoms with Gasteiger partial charge < -0.3 is 5.11 Å². The second-order valence-corrected chi connectivity index (χ2v) is 5.70. The van der Waals surface area contributed by atoms with Crippen molar-refractivity contribution in [1.82, 2.24) is 15.2 Å². The Morgan fingerprint density at radius 3 is 2.90 bits per heavy atom. The number of hydrogen-bond donors (Lipinski definition) is 2. The number of carbonyl (C=O) groups is 1. The van der Waals surface area contributed by atoms with E-state index in [0.29, 0.717) is 11.4 Å². The number of aromatic nitrogens is 3. The maximum Gasteiger partial charge on any atom is 0.316 e. The van der Waals surface area contributed by atoms with Crippen molar-refractivity contribution < 1.29 is 14.8 Å². The summed E-state index contributed by atoms with van der Waals surface area (Å²) in [6, 6.07) is 4.23. The second kappa shape index (κ2) is 6.10. The number of halogens is 1. The zero-order valence-electron chi connectivity index (χ0n) is 10.6. The molecule has 21 heavy (non-hydrogen) atoms. The third kappa shape index (κ3) is 3.50. The van der Waals surface area contributed by atoms with E-state index in [9.17, 15) is 14.9 Å². The van der Waals surface area contributed by atoms with Crippen molar-refractivity contribution in [2.75, 3.05) is 0 Å². The molecule has 0 saturated carbocycles. The van der Waals surface area contributed by atoms with Crippen molar-refractivity contribution in [2.24, 2.45) is 0 Å². The standard InChI is InChI=1S/C11H9ClN4O4S/c1-5(10(17)18)21-11-13-9(14-15-11)6-2-3-7(12)8(4-6)16(19)20/h2-5H,1H3,(H,17,18)(H,13,14,15). The van der Waals surface area contributed by atoms with E-state index in [-0.39, 0.29) is 15.9 Å². The predicted molar refractivity (Wildman–Crippen MR) is 76.4 cm³/mol. The van der Waals surface area contributed by atoms with Crippen molar-refractivity contribution in [3.05, 3.63) is 33.3 Å². The van der Waals surface area contributed by atoms with Gasteiger partial charge in [0.2, 0.25) is 5.16 Å². The van der Waals surface area contributed by atoms with Crippen LogP contribution < -0.4 is 0 Å². The fourth-order valence-electron chi connectivity index (χ4n) is 1.44. The number of aromatic amines is 1. The first-order valence-corrected chi connectivity index (χ1v) is 6.90. The van der Waals surface area contributed by atoms with Crippen LogP contribution in [0.15, 0.2) is 23.4 Å². The van der Waals surface area contributed by atoms with Gasteiger partial charge in [0, 0.05) is 11.6 Å². The zero-order valence-corrected chi connectivity index (χ0v) is 12.2. The van der Waals surface area contributed by atoms with Crippen LogP contribution >= 0.6 is 23.4 Å². The predicted octanol–water partition coefficient (Wildman–Crippen LogP) is 2.60. The largest absolute Gasteiger partial charge is 0.480 e. The highest BCUT2D eigenvalue weighted by atomic mass is 35.5. The van der Waals surface area contributed by atoms with Gasteiger partial charge in [-0.1, -0.05) is 23.4 Å². The summed E-state index contributed by atoms with van der Waals surface area (Å²) in [6.07, 6.45) is 0. The van der Waals surface area contributed by atoms with Crippen molar-refractivity contribution in [3.63, 3.8) is 0 Å². The molecule has 8 nitrogen and oxygen atoms in total. The minimum absolute atomic E-state index is 0.0253. The summed E-state index contributed by atoms with van der Waals surface area (Å²) in [5.74, 6) is -0.677. The molecule has 1 aromatic heterocycles. The van der Waals surface area contributed by atoms with Crippen LogP contribution in [0.5, 0.6) is 0 Å². The number of thioether (sulfide) groups is 1. The molecule has 10 heteroatoms. The highest BCUT2D eigenvalue weighted by molar-refractivity contribution is 8.00. The molecule has 0 spiro atoms. The number of H-pyrrole nitrogens is 1. The van der Waals surface area contributed by atoms with Gasteiger partial charge in [-0.25, -0.2) is 4.98 Å². The van der Waals surface area contributed by atoms with E-state index < -0.39 is 16.1 Å². The fraction of sp³-hybridized carbons (Fsp3) is 0.182. The Kier molecular flexibility index (Phi) is 4.43. The van der Waals surface area contributed by atoms with Gasteiger partial charge in [-0.05, 0) is 19.1 Å². The average molecular weight is 329 g/mol. The quantitative estimate of drug-likeness (QED) is 0.491. The Morgan fingerprint density at radius 1 is 1.57 bits per heavy atom. The summed E-state index contributed by atoms with van der Waals surface area (Å²) in [5.41, 5.74) is 0.201. The van der Waals surface area contributed by atoms with Crippen LogP contribution in [0.25, 0.3) is 11.4 Å². The lowest BCUT2D eigenvalue weighted by molar-refractivity contribution is -0.384. The minimum Gasteiger partial charge on any atom is -0.480 e. The molecule has 1 aromatic carbocycles. The molecule has 0 fully saturated rings. The maximum absolute atomic E-state index is 10.8. The highest BCUT2D eigenvalue weighted by Gasteiger charge is 2.18. The van der Waals surface area contributed by atoms with Crippen molar-refractivity contribution in [1.29, 1.82) is 0 Å². The van der Waals surface area contributed by atoms with Gasteiger partial charge in [-0.15, -0.1) is 5.10 Å². The number of benzene rings is 1. The topological polar surface area (TPSA) is 122 Å². The number of carboxylic acid groups (broad SMARTS) is 1. The molecular formula is C11H9ClN4O4S. The molecule has 2 N–H and O–H groups in total. The lowest BCUT2D eigenvalue weighted by atomic mass is 10.2. The normalized spacial score (nSPS) is 12.1. The first kappa shape index (κ1) is 15.3. The van der Waals surface area contributed by atoms with Crippen molar-refractivity contribution in [2.45, 2.75) is 17.3 Å². The Hall–Kier alpha value is -2.13. The summed E-state index contributed by atoms with van der Waals surface area (Å²) in [6.45, 7) is 1.51.